The molecule has 1 saturated heterocycles. The zero-order valence-electron chi connectivity index (χ0n) is 21.2. The Labute approximate surface area is 216 Å². The van der Waals surface area contributed by atoms with E-state index in [0.29, 0.717) is 43.7 Å². The molecule has 200 valence electrons. The molecule has 2 amide bonds. The molecule has 3 N–H and O–H groups in total. The smallest absolute Gasteiger partial charge is 0.415 e. The maximum atomic E-state index is 13.6. The first kappa shape index (κ1) is 25.5. The maximum Gasteiger partial charge on any atom is 0.415 e. The van der Waals surface area contributed by atoms with Crippen LogP contribution in [0, 0.1) is 22.7 Å². The van der Waals surface area contributed by atoms with Crippen LogP contribution in [0.4, 0.5) is 4.79 Å². The largest absolute Gasteiger partial charge is 0.480 e. The number of carbonyl (C=O) groups is 4. The van der Waals surface area contributed by atoms with Gasteiger partial charge in [-0.15, -0.1) is 0 Å². The van der Waals surface area contributed by atoms with Gasteiger partial charge in [0.2, 0.25) is 5.91 Å². The molecule has 10 heteroatoms. The number of amides is 2. The van der Waals surface area contributed by atoms with Crippen molar-refractivity contribution in [3.8, 4) is 5.75 Å². The molecule has 37 heavy (non-hydrogen) atoms. The van der Waals surface area contributed by atoms with Crippen LogP contribution in [0.25, 0.3) is 0 Å². The summed E-state index contributed by atoms with van der Waals surface area (Å²) in [5, 5.41) is 15.9. The summed E-state index contributed by atoms with van der Waals surface area (Å²) in [5.41, 5.74) is -0.660. The van der Waals surface area contributed by atoms with Crippen molar-refractivity contribution in [3.63, 3.8) is 0 Å². The number of hydrogen-bond donors (Lipinski definition) is 3. The fourth-order valence-electron chi connectivity index (χ4n) is 7.44. The van der Waals surface area contributed by atoms with Crippen molar-refractivity contribution >= 4 is 23.9 Å². The van der Waals surface area contributed by atoms with Crippen molar-refractivity contribution in [1.82, 2.24) is 15.5 Å². The Bertz CT molecular complexity index is 1050. The van der Waals surface area contributed by atoms with Gasteiger partial charge in [0, 0.05) is 32.6 Å². The Hall–Kier alpha value is -3.14. The van der Waals surface area contributed by atoms with Crippen LogP contribution in [-0.2, 0) is 25.5 Å². The van der Waals surface area contributed by atoms with E-state index in [1.54, 1.807) is 29.2 Å². The van der Waals surface area contributed by atoms with Crippen molar-refractivity contribution in [2.24, 2.45) is 22.7 Å². The summed E-state index contributed by atoms with van der Waals surface area (Å²) in [6.07, 6.45) is 4.00. The van der Waals surface area contributed by atoms with Crippen molar-refractivity contribution in [2.45, 2.75) is 51.0 Å². The molecule has 4 saturated carbocycles. The Morgan fingerprint density at radius 1 is 1.05 bits per heavy atom. The first-order valence-electron chi connectivity index (χ1n) is 13.1. The van der Waals surface area contributed by atoms with Crippen molar-refractivity contribution in [3.05, 3.63) is 29.8 Å². The van der Waals surface area contributed by atoms with Gasteiger partial charge in [0.05, 0.1) is 17.9 Å². The van der Waals surface area contributed by atoms with E-state index in [1.807, 2.05) is 0 Å². The molecule has 0 spiro atoms. The third-order valence-electron chi connectivity index (χ3n) is 8.71. The van der Waals surface area contributed by atoms with E-state index in [1.165, 1.54) is 7.11 Å². The summed E-state index contributed by atoms with van der Waals surface area (Å²) in [6, 6.07) is 5.58. The summed E-state index contributed by atoms with van der Waals surface area (Å²) in [4.78, 5) is 52.3. The lowest BCUT2D eigenvalue weighted by atomic mass is 9.44. The van der Waals surface area contributed by atoms with Gasteiger partial charge in [-0.25, -0.2) is 9.59 Å². The second-order valence-corrected chi connectivity index (χ2v) is 11.3. The number of methoxy groups -OCH3 is 1. The summed E-state index contributed by atoms with van der Waals surface area (Å²) < 4.78 is 10.6. The number of nitrogens with one attached hydrogen (secondary N) is 2. The number of esters is 1. The number of benzene rings is 1. The second kappa shape index (κ2) is 9.96. The quantitative estimate of drug-likeness (QED) is 0.471. The van der Waals surface area contributed by atoms with Gasteiger partial charge in [0.25, 0.3) is 0 Å². The normalized spacial score (nSPS) is 30.9. The number of ether oxygens (including phenoxy) is 2. The van der Waals surface area contributed by atoms with E-state index in [4.69, 9.17) is 9.47 Å². The molecule has 1 heterocycles. The molecule has 4 aliphatic carbocycles. The Morgan fingerprint density at radius 2 is 1.68 bits per heavy atom. The number of carboxylic acids is 1. The van der Waals surface area contributed by atoms with Gasteiger partial charge in [-0.05, 0) is 68.1 Å². The molecule has 2 unspecified atom stereocenters. The van der Waals surface area contributed by atoms with Crippen LogP contribution in [0.5, 0.6) is 5.75 Å². The van der Waals surface area contributed by atoms with Gasteiger partial charge in [-0.1, -0.05) is 12.1 Å². The lowest BCUT2D eigenvalue weighted by molar-refractivity contribution is -0.182. The van der Waals surface area contributed by atoms with Crippen LogP contribution < -0.4 is 15.4 Å². The fourth-order valence-corrected chi connectivity index (χ4v) is 7.44. The Morgan fingerprint density at radius 3 is 2.27 bits per heavy atom. The number of hydrogen-bond acceptors (Lipinski definition) is 7. The van der Waals surface area contributed by atoms with Gasteiger partial charge in [-0.2, -0.15) is 0 Å². The maximum absolute atomic E-state index is 13.6. The second-order valence-electron chi connectivity index (χ2n) is 11.3. The highest BCUT2D eigenvalue weighted by molar-refractivity contribution is 5.89. The van der Waals surface area contributed by atoms with Crippen molar-refractivity contribution in [2.75, 3.05) is 33.3 Å². The third kappa shape index (κ3) is 5.03. The minimum absolute atomic E-state index is 0.0954. The van der Waals surface area contributed by atoms with Crippen molar-refractivity contribution in [1.29, 1.82) is 0 Å². The monoisotopic (exact) mass is 513 g/mol. The SMILES string of the molecule is COC(=O)C12CC3CC(CC(C(=O)N[C@@H](Cc4ccc(OC(=O)N5CCNCC5)cc4)C(=O)O)(C3)C1)C2. The summed E-state index contributed by atoms with van der Waals surface area (Å²) in [7, 11) is 1.39. The number of rotatable bonds is 7. The highest BCUT2D eigenvalue weighted by atomic mass is 16.6. The standard InChI is InChI=1S/C27H35N3O7/c1-36-24(34)27-14-18-10-19(15-27)13-26(12-18,16-27)23(33)29-21(22(31)32)11-17-2-4-20(5-3-17)37-25(35)30-8-6-28-7-9-30/h2-5,18-19,21,28H,6-16H2,1H3,(H,29,33)(H,31,32)/t18?,19?,21-,26?,27?/m0/s1. The van der Waals surface area contributed by atoms with E-state index < -0.39 is 28.9 Å². The summed E-state index contributed by atoms with van der Waals surface area (Å²) >= 11 is 0. The predicted octanol–water partition coefficient (Wildman–Crippen LogP) is 1.96. The topological polar surface area (TPSA) is 134 Å². The van der Waals surface area contributed by atoms with Gasteiger partial charge in [0.1, 0.15) is 11.8 Å². The molecule has 5 aliphatic rings. The molecule has 5 fully saturated rings. The highest BCUT2D eigenvalue weighted by Gasteiger charge is 2.63. The molecule has 1 aromatic rings. The molecule has 10 nitrogen and oxygen atoms in total. The number of carboxylic acid groups (broad SMARTS) is 1. The zero-order valence-corrected chi connectivity index (χ0v) is 21.2. The van der Waals surface area contributed by atoms with Crippen LogP contribution in [0.1, 0.15) is 44.1 Å². The van der Waals surface area contributed by atoms with Gasteiger partial charge < -0.3 is 30.1 Å². The first-order valence-corrected chi connectivity index (χ1v) is 13.1. The van der Waals surface area contributed by atoms with E-state index >= 15 is 0 Å². The predicted molar refractivity (Wildman–Crippen MR) is 132 cm³/mol. The van der Waals surface area contributed by atoms with E-state index in [2.05, 4.69) is 10.6 Å². The first-order chi connectivity index (χ1) is 17.7. The minimum atomic E-state index is -1.12. The third-order valence-corrected chi connectivity index (χ3v) is 8.71. The average Bonchev–Trinajstić information content (AvgIpc) is 2.88. The number of nitrogens with zero attached hydrogens (tertiary/aromatic N) is 1. The van der Waals surface area contributed by atoms with Crippen molar-refractivity contribution < 1.29 is 33.8 Å². The number of carbonyl (C=O) groups excluding carboxylic acids is 3. The molecule has 0 radical (unpaired) electrons. The zero-order chi connectivity index (χ0) is 26.2. The lowest BCUT2D eigenvalue weighted by Gasteiger charge is -2.59. The lowest BCUT2D eigenvalue weighted by Crippen LogP contribution is -2.61. The minimum Gasteiger partial charge on any atom is -0.480 e. The molecule has 6 rings (SSSR count). The highest BCUT2D eigenvalue weighted by Crippen LogP contribution is 2.65. The van der Waals surface area contributed by atoms with Gasteiger partial charge in [-0.3, -0.25) is 9.59 Å². The van der Waals surface area contributed by atoms with Crippen LogP contribution in [0.15, 0.2) is 24.3 Å². The fraction of sp³-hybridized carbons (Fsp3) is 0.630. The van der Waals surface area contributed by atoms with Gasteiger partial charge in [0.15, 0.2) is 0 Å². The van der Waals surface area contributed by atoms with E-state index in [-0.39, 0.29) is 30.1 Å². The molecular formula is C27H35N3O7. The molecular weight excluding hydrogens is 478 g/mol. The van der Waals surface area contributed by atoms with Crippen LogP contribution in [-0.4, -0.2) is 73.3 Å². The summed E-state index contributed by atoms with van der Waals surface area (Å²) in [5.74, 6) is -0.688. The number of aliphatic carboxylic acids is 1. The molecule has 1 aromatic carbocycles. The van der Waals surface area contributed by atoms with Crippen LogP contribution in [0.2, 0.25) is 0 Å². The number of piperazine rings is 1. The molecule has 1 aliphatic heterocycles. The summed E-state index contributed by atoms with van der Waals surface area (Å²) in [6.45, 7) is 2.62. The molecule has 0 aromatic heterocycles. The van der Waals surface area contributed by atoms with Crippen LogP contribution in [0.3, 0.4) is 0 Å². The Balaban J connectivity index is 1.23. The average molecular weight is 514 g/mol. The molecule has 4 bridgehead atoms. The van der Waals surface area contributed by atoms with Gasteiger partial charge >= 0.3 is 18.0 Å². The Kier molecular flexibility index (Phi) is 6.87. The molecule has 3 atom stereocenters. The van der Waals surface area contributed by atoms with E-state index in [0.717, 1.165) is 32.4 Å². The van der Waals surface area contributed by atoms with Crippen LogP contribution >= 0.6 is 0 Å². The van der Waals surface area contributed by atoms with E-state index in [9.17, 15) is 24.3 Å².